The van der Waals surface area contributed by atoms with Crippen LogP contribution < -0.4 is 27.4 Å². The highest BCUT2D eigenvalue weighted by molar-refractivity contribution is 5.94. The summed E-state index contributed by atoms with van der Waals surface area (Å²) in [6, 6.07) is -5.32. The zero-order valence-electron chi connectivity index (χ0n) is 17.0. The van der Waals surface area contributed by atoms with Crippen molar-refractivity contribution in [3.05, 3.63) is 0 Å². The maximum absolute atomic E-state index is 12.5. The number of nitrogens with two attached hydrogens (primary N) is 2. The molecule has 0 rings (SSSR count). The average Bonchev–Trinajstić information content (AvgIpc) is 2.66. The molecule has 172 valence electrons. The van der Waals surface area contributed by atoms with Gasteiger partial charge in [-0.25, -0.2) is 4.79 Å². The first-order valence-corrected chi connectivity index (χ1v) is 9.32. The molecule has 0 radical (unpaired) electrons. The maximum Gasteiger partial charge on any atom is 0.326 e. The number of carboxylic acids is 1. The fraction of sp³-hybridized carbons (Fsp3) is 0.706. The quantitative estimate of drug-likeness (QED) is 0.134. The topological polar surface area (TPSA) is 234 Å². The van der Waals surface area contributed by atoms with Crippen LogP contribution in [0.1, 0.15) is 33.1 Å². The average molecular weight is 433 g/mol. The molecule has 0 aromatic heterocycles. The minimum atomic E-state index is -1.51. The standard InChI is InChI=1S/C17H31N5O8/c1-8(2)5-11(21-14(26)9(18)6-23)15(27)22-12(7-24)16(28)20-10(17(29)30)3-4-13(19)25/h8-12,23-24H,3-7,18H2,1-2H3,(H2,19,25)(H,20,28)(H,21,26)(H,22,27)(H,29,30). The van der Waals surface area contributed by atoms with Crippen LogP contribution in [-0.4, -0.2) is 82.3 Å². The van der Waals surface area contributed by atoms with E-state index < -0.39 is 67.0 Å². The van der Waals surface area contributed by atoms with Gasteiger partial charge in [-0.05, 0) is 18.8 Å². The Labute approximate surface area is 173 Å². The third kappa shape index (κ3) is 10.1. The van der Waals surface area contributed by atoms with E-state index >= 15 is 0 Å². The maximum atomic E-state index is 12.5. The number of carboxylic acid groups (broad SMARTS) is 1. The smallest absolute Gasteiger partial charge is 0.326 e. The summed E-state index contributed by atoms with van der Waals surface area (Å²) in [4.78, 5) is 58.8. The van der Waals surface area contributed by atoms with Gasteiger partial charge in [-0.3, -0.25) is 19.2 Å². The number of aliphatic hydroxyl groups excluding tert-OH is 2. The number of hydrogen-bond acceptors (Lipinski definition) is 8. The lowest BCUT2D eigenvalue weighted by Gasteiger charge is -2.25. The molecule has 13 heteroatoms. The molecule has 4 amide bonds. The zero-order chi connectivity index (χ0) is 23.4. The third-order valence-electron chi connectivity index (χ3n) is 3.98. The Morgan fingerprint density at radius 1 is 0.833 bits per heavy atom. The SMILES string of the molecule is CC(C)CC(NC(=O)C(N)CO)C(=O)NC(CO)C(=O)NC(CCC(N)=O)C(=O)O. The molecule has 0 aliphatic carbocycles. The molecule has 0 saturated carbocycles. The van der Waals surface area contributed by atoms with Gasteiger partial charge in [0, 0.05) is 6.42 Å². The van der Waals surface area contributed by atoms with E-state index in [1.54, 1.807) is 13.8 Å². The van der Waals surface area contributed by atoms with Gasteiger partial charge in [0.1, 0.15) is 24.2 Å². The van der Waals surface area contributed by atoms with Crippen molar-refractivity contribution in [2.75, 3.05) is 13.2 Å². The first-order chi connectivity index (χ1) is 13.9. The van der Waals surface area contributed by atoms with Gasteiger partial charge in [0.05, 0.1) is 13.2 Å². The molecule has 0 aliphatic heterocycles. The second-order valence-electron chi connectivity index (χ2n) is 7.13. The molecule has 0 aromatic rings. The summed E-state index contributed by atoms with van der Waals surface area (Å²) < 4.78 is 0. The van der Waals surface area contributed by atoms with Crippen LogP contribution in [0.2, 0.25) is 0 Å². The second-order valence-corrected chi connectivity index (χ2v) is 7.13. The Morgan fingerprint density at radius 2 is 1.33 bits per heavy atom. The van der Waals surface area contributed by atoms with E-state index in [4.69, 9.17) is 21.7 Å². The van der Waals surface area contributed by atoms with Gasteiger partial charge in [0.15, 0.2) is 0 Å². The van der Waals surface area contributed by atoms with Gasteiger partial charge in [-0.1, -0.05) is 13.8 Å². The van der Waals surface area contributed by atoms with Crippen molar-refractivity contribution in [2.45, 2.75) is 57.3 Å². The van der Waals surface area contributed by atoms with Gasteiger partial charge in [-0.2, -0.15) is 0 Å². The van der Waals surface area contributed by atoms with Crippen molar-refractivity contribution >= 4 is 29.6 Å². The Hall–Kier alpha value is -2.77. The summed E-state index contributed by atoms with van der Waals surface area (Å²) in [7, 11) is 0. The molecule has 30 heavy (non-hydrogen) atoms. The van der Waals surface area contributed by atoms with E-state index in [1.807, 2.05) is 0 Å². The number of amides is 4. The van der Waals surface area contributed by atoms with E-state index in [0.717, 1.165) is 0 Å². The number of primary amides is 1. The summed E-state index contributed by atoms with van der Waals surface area (Å²) in [5, 5.41) is 34.3. The molecule has 4 unspecified atom stereocenters. The van der Waals surface area contributed by atoms with Gasteiger partial charge >= 0.3 is 5.97 Å². The summed E-state index contributed by atoms with van der Waals surface area (Å²) in [6.45, 7) is 2.08. The van der Waals surface area contributed by atoms with Crippen LogP contribution in [0.3, 0.4) is 0 Å². The van der Waals surface area contributed by atoms with E-state index in [2.05, 4.69) is 16.0 Å². The highest BCUT2D eigenvalue weighted by atomic mass is 16.4. The lowest BCUT2D eigenvalue weighted by Crippen LogP contribution is -2.58. The molecule has 0 aliphatic rings. The van der Waals surface area contributed by atoms with Crippen molar-refractivity contribution in [3.8, 4) is 0 Å². The van der Waals surface area contributed by atoms with Crippen LogP contribution in [0, 0.1) is 5.92 Å². The Kier molecular flexibility index (Phi) is 12.2. The number of carbonyl (C=O) groups excluding carboxylic acids is 4. The van der Waals surface area contributed by atoms with Crippen LogP contribution in [0.4, 0.5) is 0 Å². The monoisotopic (exact) mass is 433 g/mol. The molecular formula is C17H31N5O8. The minimum Gasteiger partial charge on any atom is -0.480 e. The van der Waals surface area contributed by atoms with Gasteiger partial charge in [0.25, 0.3) is 0 Å². The summed E-state index contributed by atoms with van der Waals surface area (Å²) >= 11 is 0. The lowest BCUT2D eigenvalue weighted by atomic mass is 10.0. The summed E-state index contributed by atoms with van der Waals surface area (Å²) in [5.41, 5.74) is 10.4. The highest BCUT2D eigenvalue weighted by Crippen LogP contribution is 2.06. The molecule has 0 bridgehead atoms. The number of aliphatic hydroxyl groups is 2. The van der Waals surface area contributed by atoms with Crippen LogP contribution in [-0.2, 0) is 24.0 Å². The first kappa shape index (κ1) is 27.2. The Balaban J connectivity index is 5.18. The Bertz CT molecular complexity index is 627. The number of nitrogens with one attached hydrogen (secondary N) is 3. The normalized spacial score (nSPS) is 14.9. The highest BCUT2D eigenvalue weighted by Gasteiger charge is 2.30. The van der Waals surface area contributed by atoms with Gasteiger partial charge in [-0.15, -0.1) is 0 Å². The Morgan fingerprint density at radius 3 is 1.77 bits per heavy atom. The van der Waals surface area contributed by atoms with E-state index in [9.17, 15) is 29.1 Å². The molecular weight excluding hydrogens is 402 g/mol. The zero-order valence-corrected chi connectivity index (χ0v) is 17.0. The van der Waals surface area contributed by atoms with Crippen molar-refractivity contribution in [3.63, 3.8) is 0 Å². The van der Waals surface area contributed by atoms with Crippen LogP contribution >= 0.6 is 0 Å². The van der Waals surface area contributed by atoms with Crippen LogP contribution in [0.25, 0.3) is 0 Å². The number of rotatable bonds is 14. The summed E-state index contributed by atoms with van der Waals surface area (Å²) in [5.74, 6) is -4.80. The number of hydrogen-bond donors (Lipinski definition) is 8. The summed E-state index contributed by atoms with van der Waals surface area (Å²) in [6.07, 6.45) is -0.388. The van der Waals surface area contributed by atoms with Gasteiger partial charge < -0.3 is 42.7 Å². The van der Waals surface area contributed by atoms with E-state index in [1.165, 1.54) is 0 Å². The van der Waals surface area contributed by atoms with Crippen LogP contribution in [0.5, 0.6) is 0 Å². The fourth-order valence-electron chi connectivity index (χ4n) is 2.35. The molecule has 0 aromatic carbocycles. The molecule has 13 nitrogen and oxygen atoms in total. The van der Waals surface area contributed by atoms with Crippen molar-refractivity contribution in [1.29, 1.82) is 0 Å². The molecule has 10 N–H and O–H groups in total. The predicted molar refractivity (Wildman–Crippen MR) is 103 cm³/mol. The minimum absolute atomic E-state index is 0.0435. The van der Waals surface area contributed by atoms with Crippen molar-refractivity contribution < 1.29 is 39.3 Å². The van der Waals surface area contributed by atoms with E-state index in [0.29, 0.717) is 0 Å². The molecule has 4 atom stereocenters. The largest absolute Gasteiger partial charge is 0.480 e. The molecule has 0 saturated heterocycles. The number of carbonyl (C=O) groups is 5. The molecule has 0 heterocycles. The van der Waals surface area contributed by atoms with Crippen molar-refractivity contribution in [2.24, 2.45) is 17.4 Å². The predicted octanol–water partition coefficient (Wildman–Crippen LogP) is -3.85. The van der Waals surface area contributed by atoms with Crippen LogP contribution in [0.15, 0.2) is 0 Å². The fourth-order valence-corrected chi connectivity index (χ4v) is 2.35. The lowest BCUT2D eigenvalue weighted by molar-refractivity contribution is -0.143. The third-order valence-corrected chi connectivity index (χ3v) is 3.98. The number of aliphatic carboxylic acids is 1. The van der Waals surface area contributed by atoms with Crippen molar-refractivity contribution in [1.82, 2.24) is 16.0 Å². The molecule has 0 spiro atoms. The second kappa shape index (κ2) is 13.5. The van der Waals surface area contributed by atoms with E-state index in [-0.39, 0.29) is 25.2 Å². The first-order valence-electron chi connectivity index (χ1n) is 9.32. The van der Waals surface area contributed by atoms with Gasteiger partial charge in [0.2, 0.25) is 23.6 Å². The molecule has 0 fully saturated rings.